The van der Waals surface area contributed by atoms with E-state index in [1.807, 2.05) is 32.3 Å². The Kier molecular flexibility index (Phi) is 8.46. The number of hydrogen-bond donors (Lipinski definition) is 2. The fourth-order valence-corrected chi connectivity index (χ4v) is 4.54. The number of carbonyl (C=O) groups is 2. The van der Waals surface area contributed by atoms with Crippen molar-refractivity contribution < 1.29 is 9.59 Å². The summed E-state index contributed by atoms with van der Waals surface area (Å²) in [7, 11) is 4.08. The molecule has 0 saturated carbocycles. The molecule has 2 aromatic carbocycles. The molecule has 2 amide bonds. The van der Waals surface area contributed by atoms with Crippen molar-refractivity contribution in [2.45, 2.75) is 19.4 Å². The summed E-state index contributed by atoms with van der Waals surface area (Å²) in [6.07, 6.45) is 3.72. The van der Waals surface area contributed by atoms with Crippen LogP contribution in [-0.2, 0) is 11.3 Å². The Bertz CT molecular complexity index is 1230. The van der Waals surface area contributed by atoms with E-state index < -0.39 is 0 Å². The maximum absolute atomic E-state index is 12.8. The number of amides is 2. The van der Waals surface area contributed by atoms with E-state index in [4.69, 9.17) is 23.2 Å². The molecule has 1 aliphatic heterocycles. The topological polar surface area (TPSA) is 77.6 Å². The highest BCUT2D eigenvalue weighted by Gasteiger charge is 2.27. The number of pyridine rings is 1. The van der Waals surface area contributed by atoms with Crippen molar-refractivity contribution >= 4 is 46.5 Å². The number of rotatable bonds is 9. The van der Waals surface area contributed by atoms with Gasteiger partial charge in [-0.15, -0.1) is 0 Å². The van der Waals surface area contributed by atoms with E-state index in [0.29, 0.717) is 39.2 Å². The smallest absolute Gasteiger partial charge is 0.251 e. The van der Waals surface area contributed by atoms with Crippen LogP contribution in [0.3, 0.4) is 0 Å². The summed E-state index contributed by atoms with van der Waals surface area (Å²) < 4.78 is 0. The molecule has 0 spiro atoms. The maximum atomic E-state index is 12.8. The molecule has 2 heterocycles. The first-order valence-corrected chi connectivity index (χ1v) is 12.6. The zero-order valence-corrected chi connectivity index (χ0v) is 21.9. The molecule has 0 saturated heterocycles. The lowest BCUT2D eigenvalue weighted by Gasteiger charge is -2.30. The number of fused-ring (bicyclic) bond motifs is 1. The van der Waals surface area contributed by atoms with E-state index in [-0.39, 0.29) is 24.9 Å². The van der Waals surface area contributed by atoms with Gasteiger partial charge in [0.2, 0.25) is 5.91 Å². The third-order valence-corrected chi connectivity index (χ3v) is 6.75. The number of hydrogen-bond acceptors (Lipinski definition) is 5. The minimum absolute atomic E-state index is 0.0902. The van der Waals surface area contributed by atoms with Crippen molar-refractivity contribution in [3.05, 3.63) is 75.9 Å². The lowest BCUT2D eigenvalue weighted by atomic mass is 10.0. The van der Waals surface area contributed by atoms with E-state index in [1.54, 1.807) is 41.4 Å². The van der Waals surface area contributed by atoms with E-state index in [0.717, 1.165) is 30.5 Å². The van der Waals surface area contributed by atoms with Gasteiger partial charge in [0, 0.05) is 39.5 Å². The largest absolute Gasteiger partial charge is 0.359 e. The molecule has 2 N–H and O–H groups in total. The third-order valence-electron chi connectivity index (χ3n) is 6.04. The van der Waals surface area contributed by atoms with E-state index in [9.17, 15) is 9.59 Å². The molecular formula is C27H29Cl2N5O2. The van der Waals surface area contributed by atoms with Gasteiger partial charge in [0.05, 0.1) is 18.8 Å². The van der Waals surface area contributed by atoms with Crippen LogP contribution in [0.1, 0.15) is 28.8 Å². The van der Waals surface area contributed by atoms with Gasteiger partial charge in [-0.2, -0.15) is 0 Å². The van der Waals surface area contributed by atoms with Crippen LogP contribution in [-0.4, -0.2) is 55.4 Å². The summed E-state index contributed by atoms with van der Waals surface area (Å²) in [5.41, 5.74) is 3.66. The number of nitrogens with one attached hydrogen (secondary N) is 2. The molecule has 36 heavy (non-hydrogen) atoms. The molecule has 0 fully saturated rings. The zero-order chi connectivity index (χ0) is 25.7. The summed E-state index contributed by atoms with van der Waals surface area (Å²) in [4.78, 5) is 33.6. The molecule has 3 aromatic rings. The average molecular weight is 526 g/mol. The number of carbonyl (C=O) groups excluding carboxylic acids is 2. The molecule has 0 atom stereocenters. The minimum Gasteiger partial charge on any atom is -0.359 e. The van der Waals surface area contributed by atoms with Crippen molar-refractivity contribution in [2.75, 3.05) is 43.9 Å². The number of anilines is 2. The zero-order valence-electron chi connectivity index (χ0n) is 20.4. The molecule has 0 radical (unpaired) electrons. The molecule has 188 valence electrons. The van der Waals surface area contributed by atoms with E-state index in [2.05, 4.69) is 20.5 Å². The standard InChI is InChI=1S/C27H29Cl2N5O2/c1-33(2)13-4-3-12-30-27(36)19-10-8-18(9-11-19)20-14-24-26(31-15-20)32-16-25(35)34(24)17-21-22(28)6-5-7-23(21)29/h5-11,14-15H,3-4,12-13,16-17H2,1-2H3,(H,30,36)(H,31,32). The van der Waals surface area contributed by atoms with Crippen LogP contribution in [0.15, 0.2) is 54.7 Å². The summed E-state index contributed by atoms with van der Waals surface area (Å²) in [5, 5.41) is 7.05. The van der Waals surface area contributed by atoms with Gasteiger partial charge in [-0.05, 0) is 69.4 Å². The van der Waals surface area contributed by atoms with E-state index >= 15 is 0 Å². The Labute approximate surface area is 221 Å². The molecule has 0 aliphatic carbocycles. The Morgan fingerprint density at radius 1 is 1.08 bits per heavy atom. The first kappa shape index (κ1) is 25.9. The fourth-order valence-electron chi connectivity index (χ4n) is 4.03. The second kappa shape index (κ2) is 11.7. The second-order valence-electron chi connectivity index (χ2n) is 8.97. The number of nitrogens with zero attached hydrogens (tertiary/aromatic N) is 3. The van der Waals surface area contributed by atoms with Crippen LogP contribution in [0.5, 0.6) is 0 Å². The van der Waals surface area contributed by atoms with Crippen molar-refractivity contribution in [3.8, 4) is 11.1 Å². The van der Waals surface area contributed by atoms with E-state index in [1.165, 1.54) is 0 Å². The highest BCUT2D eigenvalue weighted by Crippen LogP contribution is 2.35. The summed E-state index contributed by atoms with van der Waals surface area (Å²) in [5.74, 6) is 0.425. The predicted octanol–water partition coefficient (Wildman–Crippen LogP) is 5.09. The molecule has 4 rings (SSSR count). The van der Waals surface area contributed by atoms with Crippen molar-refractivity contribution in [3.63, 3.8) is 0 Å². The molecule has 0 bridgehead atoms. The van der Waals surface area contributed by atoms with Gasteiger partial charge in [0.25, 0.3) is 5.91 Å². The summed E-state index contributed by atoms with van der Waals surface area (Å²) in [6.45, 7) is 2.03. The Morgan fingerprint density at radius 3 is 2.50 bits per heavy atom. The van der Waals surface area contributed by atoms with Crippen molar-refractivity contribution in [1.82, 2.24) is 15.2 Å². The lowest BCUT2D eigenvalue weighted by molar-refractivity contribution is -0.117. The molecular weight excluding hydrogens is 497 g/mol. The molecule has 0 unspecified atom stereocenters. The number of unbranched alkanes of at least 4 members (excludes halogenated alkanes) is 1. The molecule has 9 heteroatoms. The Morgan fingerprint density at radius 2 is 1.81 bits per heavy atom. The molecule has 1 aliphatic rings. The first-order chi connectivity index (χ1) is 17.3. The fraction of sp³-hybridized carbons (Fsp3) is 0.296. The normalized spacial score (nSPS) is 12.9. The van der Waals surface area contributed by atoms with Crippen LogP contribution in [0, 0.1) is 0 Å². The maximum Gasteiger partial charge on any atom is 0.251 e. The lowest BCUT2D eigenvalue weighted by Crippen LogP contribution is -2.39. The SMILES string of the molecule is CN(C)CCCCNC(=O)c1ccc(-c2cnc3c(c2)N(Cc2c(Cl)cccc2Cl)C(=O)CN3)cc1. The van der Waals surface area contributed by atoms with Crippen LogP contribution in [0.2, 0.25) is 10.0 Å². The van der Waals surface area contributed by atoms with Crippen molar-refractivity contribution in [2.24, 2.45) is 0 Å². The van der Waals surface area contributed by atoms with Gasteiger partial charge >= 0.3 is 0 Å². The molecule has 1 aromatic heterocycles. The van der Waals surface area contributed by atoms with Crippen LogP contribution < -0.4 is 15.5 Å². The van der Waals surface area contributed by atoms with Gasteiger partial charge in [0.15, 0.2) is 5.82 Å². The summed E-state index contributed by atoms with van der Waals surface area (Å²) in [6, 6.07) is 14.6. The third kappa shape index (κ3) is 6.16. The van der Waals surface area contributed by atoms with Gasteiger partial charge in [-0.25, -0.2) is 4.98 Å². The number of halogens is 2. The van der Waals surface area contributed by atoms with Gasteiger partial charge < -0.3 is 20.4 Å². The highest BCUT2D eigenvalue weighted by atomic mass is 35.5. The second-order valence-corrected chi connectivity index (χ2v) is 9.78. The van der Waals surface area contributed by atoms with Gasteiger partial charge in [-0.1, -0.05) is 41.4 Å². The monoisotopic (exact) mass is 525 g/mol. The highest BCUT2D eigenvalue weighted by molar-refractivity contribution is 6.36. The van der Waals surface area contributed by atoms with Crippen LogP contribution >= 0.6 is 23.2 Å². The Balaban J connectivity index is 1.49. The minimum atomic E-state index is -0.102. The first-order valence-electron chi connectivity index (χ1n) is 11.8. The molecule has 7 nitrogen and oxygen atoms in total. The van der Waals surface area contributed by atoms with Crippen LogP contribution in [0.25, 0.3) is 11.1 Å². The predicted molar refractivity (Wildman–Crippen MR) is 146 cm³/mol. The summed E-state index contributed by atoms with van der Waals surface area (Å²) >= 11 is 12.7. The number of aromatic nitrogens is 1. The number of benzene rings is 2. The quantitative estimate of drug-likeness (QED) is 0.380. The van der Waals surface area contributed by atoms with Gasteiger partial charge in [-0.3, -0.25) is 9.59 Å². The van der Waals surface area contributed by atoms with Gasteiger partial charge in [0.1, 0.15) is 0 Å². The Hall–Kier alpha value is -3.13. The van der Waals surface area contributed by atoms with Crippen molar-refractivity contribution in [1.29, 1.82) is 0 Å². The average Bonchev–Trinajstić information content (AvgIpc) is 2.86. The van der Waals surface area contributed by atoms with Crippen LogP contribution in [0.4, 0.5) is 11.5 Å².